The van der Waals surface area contributed by atoms with Gasteiger partial charge < -0.3 is 5.32 Å². The van der Waals surface area contributed by atoms with Gasteiger partial charge in [-0.05, 0) is 24.2 Å². The van der Waals surface area contributed by atoms with E-state index in [1.807, 2.05) is 20.8 Å². The van der Waals surface area contributed by atoms with E-state index in [1.165, 1.54) is 10.4 Å². The number of sulfonamides is 1. The van der Waals surface area contributed by atoms with Crippen LogP contribution in [0.4, 0.5) is 0 Å². The number of hydrogen-bond acceptors (Lipinski definition) is 3. The Kier molecular flexibility index (Phi) is 6.26. The summed E-state index contributed by atoms with van der Waals surface area (Å²) in [5.74, 6) is 0. The first-order chi connectivity index (χ1) is 8.97. The van der Waals surface area contributed by atoms with E-state index in [4.69, 9.17) is 11.6 Å². The molecule has 19 heavy (non-hydrogen) atoms. The van der Waals surface area contributed by atoms with Crippen molar-refractivity contribution in [1.29, 1.82) is 0 Å². The molecule has 1 N–H and O–H groups in total. The summed E-state index contributed by atoms with van der Waals surface area (Å²) in [6.07, 6.45) is 0. The van der Waals surface area contributed by atoms with Gasteiger partial charge in [-0.15, -0.1) is 0 Å². The SMILES string of the molecule is CCNCc1ccc(S(=O)(=O)N(CC)CC)cc1Cl. The molecule has 0 fully saturated rings. The quantitative estimate of drug-likeness (QED) is 0.842. The summed E-state index contributed by atoms with van der Waals surface area (Å²) in [4.78, 5) is 0.251. The standard InChI is InChI=1S/C13H21ClN2O2S/c1-4-15-10-11-7-8-12(9-13(11)14)19(17,18)16(5-2)6-3/h7-9,15H,4-6,10H2,1-3H3. The Labute approximate surface area is 120 Å². The number of benzene rings is 1. The highest BCUT2D eigenvalue weighted by Gasteiger charge is 2.22. The van der Waals surface area contributed by atoms with Crippen molar-refractivity contribution >= 4 is 21.6 Å². The third-order valence-electron chi connectivity index (χ3n) is 2.93. The summed E-state index contributed by atoms with van der Waals surface area (Å²) >= 11 is 6.14. The van der Waals surface area contributed by atoms with Crippen LogP contribution in [0.2, 0.25) is 5.02 Å². The fourth-order valence-corrected chi connectivity index (χ4v) is 3.60. The monoisotopic (exact) mass is 304 g/mol. The average Bonchev–Trinajstić information content (AvgIpc) is 2.38. The lowest BCUT2D eigenvalue weighted by molar-refractivity contribution is 0.445. The van der Waals surface area contributed by atoms with Crippen LogP contribution < -0.4 is 5.32 Å². The first kappa shape index (κ1) is 16.4. The molecule has 0 saturated carbocycles. The molecule has 1 aromatic carbocycles. The largest absolute Gasteiger partial charge is 0.313 e. The van der Waals surface area contributed by atoms with Crippen LogP contribution in [0.25, 0.3) is 0 Å². The molecule has 0 unspecified atom stereocenters. The molecule has 108 valence electrons. The summed E-state index contributed by atoms with van der Waals surface area (Å²) in [6, 6.07) is 4.91. The van der Waals surface area contributed by atoms with Gasteiger partial charge in [0, 0.05) is 24.7 Å². The lowest BCUT2D eigenvalue weighted by Gasteiger charge is -2.19. The van der Waals surface area contributed by atoms with Gasteiger partial charge in [0.2, 0.25) is 10.0 Å². The van der Waals surface area contributed by atoms with E-state index in [0.29, 0.717) is 24.7 Å². The van der Waals surface area contributed by atoms with Gasteiger partial charge in [0.05, 0.1) is 4.90 Å². The Balaban J connectivity index is 3.06. The molecule has 0 aliphatic heterocycles. The van der Waals surface area contributed by atoms with E-state index in [0.717, 1.165) is 12.1 Å². The highest BCUT2D eigenvalue weighted by Crippen LogP contribution is 2.23. The van der Waals surface area contributed by atoms with Crippen LogP contribution in [-0.2, 0) is 16.6 Å². The second-order valence-electron chi connectivity index (χ2n) is 4.12. The smallest absolute Gasteiger partial charge is 0.243 e. The van der Waals surface area contributed by atoms with Crippen LogP contribution in [0, 0.1) is 0 Å². The second kappa shape index (κ2) is 7.24. The van der Waals surface area contributed by atoms with Crippen molar-refractivity contribution in [3.05, 3.63) is 28.8 Å². The van der Waals surface area contributed by atoms with Gasteiger partial charge in [-0.1, -0.05) is 38.4 Å². The number of rotatable bonds is 7. The van der Waals surface area contributed by atoms with Crippen molar-refractivity contribution in [1.82, 2.24) is 9.62 Å². The lowest BCUT2D eigenvalue weighted by Crippen LogP contribution is -2.30. The minimum absolute atomic E-state index is 0.251. The number of nitrogens with one attached hydrogen (secondary N) is 1. The van der Waals surface area contributed by atoms with E-state index in [-0.39, 0.29) is 4.90 Å². The van der Waals surface area contributed by atoms with Crippen molar-refractivity contribution < 1.29 is 8.42 Å². The molecule has 0 heterocycles. The van der Waals surface area contributed by atoms with Crippen molar-refractivity contribution in [2.75, 3.05) is 19.6 Å². The minimum atomic E-state index is -3.43. The highest BCUT2D eigenvalue weighted by molar-refractivity contribution is 7.89. The average molecular weight is 305 g/mol. The van der Waals surface area contributed by atoms with Crippen molar-refractivity contribution in [3.8, 4) is 0 Å². The van der Waals surface area contributed by atoms with E-state index >= 15 is 0 Å². The molecule has 0 aliphatic carbocycles. The Morgan fingerprint density at radius 2 is 1.84 bits per heavy atom. The van der Waals surface area contributed by atoms with Gasteiger partial charge in [-0.2, -0.15) is 4.31 Å². The molecule has 0 atom stereocenters. The Bertz CT molecular complexity index is 513. The molecule has 1 aromatic rings. The van der Waals surface area contributed by atoms with Gasteiger partial charge in [0.25, 0.3) is 0 Å². The third-order valence-corrected chi connectivity index (χ3v) is 5.33. The molecule has 0 amide bonds. The molecule has 1 rings (SSSR count). The molecule has 0 saturated heterocycles. The zero-order valence-electron chi connectivity index (χ0n) is 11.6. The van der Waals surface area contributed by atoms with Gasteiger partial charge in [0.15, 0.2) is 0 Å². The maximum Gasteiger partial charge on any atom is 0.243 e. The van der Waals surface area contributed by atoms with Gasteiger partial charge in [-0.3, -0.25) is 0 Å². The van der Waals surface area contributed by atoms with E-state index in [1.54, 1.807) is 12.1 Å². The van der Waals surface area contributed by atoms with Crippen LogP contribution in [0.3, 0.4) is 0 Å². The van der Waals surface area contributed by atoms with Crippen LogP contribution in [0.1, 0.15) is 26.3 Å². The molecule has 6 heteroatoms. The fourth-order valence-electron chi connectivity index (χ4n) is 1.80. The summed E-state index contributed by atoms with van der Waals surface area (Å²) in [7, 11) is -3.43. The summed E-state index contributed by atoms with van der Waals surface area (Å²) < 4.78 is 26.1. The topological polar surface area (TPSA) is 49.4 Å². The van der Waals surface area contributed by atoms with E-state index < -0.39 is 10.0 Å². The summed E-state index contributed by atoms with van der Waals surface area (Å²) in [6.45, 7) is 8.04. The zero-order chi connectivity index (χ0) is 14.5. The first-order valence-corrected chi connectivity index (χ1v) is 8.28. The van der Waals surface area contributed by atoms with Crippen molar-refractivity contribution in [3.63, 3.8) is 0 Å². The molecule has 0 spiro atoms. The van der Waals surface area contributed by atoms with E-state index in [9.17, 15) is 8.42 Å². The van der Waals surface area contributed by atoms with Crippen LogP contribution >= 0.6 is 11.6 Å². The highest BCUT2D eigenvalue weighted by atomic mass is 35.5. The molecule has 0 aliphatic rings. The van der Waals surface area contributed by atoms with E-state index in [2.05, 4.69) is 5.32 Å². The minimum Gasteiger partial charge on any atom is -0.313 e. The van der Waals surface area contributed by atoms with Crippen molar-refractivity contribution in [2.24, 2.45) is 0 Å². The molecule has 0 bridgehead atoms. The normalized spacial score (nSPS) is 12.1. The Hall–Kier alpha value is -0.620. The molecular weight excluding hydrogens is 284 g/mol. The van der Waals surface area contributed by atoms with Crippen LogP contribution in [0.15, 0.2) is 23.1 Å². The predicted octanol–water partition coefficient (Wildman–Crippen LogP) is 2.48. The summed E-state index contributed by atoms with van der Waals surface area (Å²) in [5.41, 5.74) is 0.905. The number of hydrogen-bond donors (Lipinski definition) is 1. The van der Waals surface area contributed by atoms with Gasteiger partial charge in [-0.25, -0.2) is 8.42 Å². The molecular formula is C13H21ClN2O2S. The summed E-state index contributed by atoms with van der Waals surface area (Å²) in [5, 5.41) is 3.65. The third kappa shape index (κ3) is 3.92. The number of nitrogens with zero attached hydrogens (tertiary/aromatic N) is 1. The second-order valence-corrected chi connectivity index (χ2v) is 6.47. The maximum atomic E-state index is 12.3. The zero-order valence-corrected chi connectivity index (χ0v) is 13.2. The Morgan fingerprint density at radius 3 is 2.32 bits per heavy atom. The first-order valence-electron chi connectivity index (χ1n) is 6.46. The number of halogens is 1. The molecule has 4 nitrogen and oxygen atoms in total. The van der Waals surface area contributed by atoms with Crippen LogP contribution in [-0.4, -0.2) is 32.4 Å². The fraction of sp³-hybridized carbons (Fsp3) is 0.538. The maximum absolute atomic E-state index is 12.3. The van der Waals surface area contributed by atoms with Gasteiger partial charge in [0.1, 0.15) is 0 Å². The van der Waals surface area contributed by atoms with Crippen LogP contribution in [0.5, 0.6) is 0 Å². The van der Waals surface area contributed by atoms with Crippen molar-refractivity contribution in [2.45, 2.75) is 32.2 Å². The van der Waals surface area contributed by atoms with Gasteiger partial charge >= 0.3 is 0 Å². The lowest BCUT2D eigenvalue weighted by atomic mass is 10.2. The predicted molar refractivity (Wildman–Crippen MR) is 78.9 cm³/mol. The Morgan fingerprint density at radius 1 is 1.21 bits per heavy atom. The molecule has 0 radical (unpaired) electrons. The molecule has 0 aromatic heterocycles.